The lowest BCUT2D eigenvalue weighted by molar-refractivity contribution is -0.119. The van der Waals surface area contributed by atoms with Crippen LogP contribution in [0.15, 0.2) is 51.4 Å². The zero-order valence-electron chi connectivity index (χ0n) is 13.8. The Morgan fingerprint density at radius 1 is 1.15 bits per heavy atom. The van der Waals surface area contributed by atoms with Crippen molar-refractivity contribution in [3.8, 4) is 0 Å². The third kappa shape index (κ3) is 5.53. The quantitative estimate of drug-likeness (QED) is 0.408. The number of nitrogens with one attached hydrogen (secondary N) is 3. The van der Waals surface area contributed by atoms with E-state index in [4.69, 9.17) is 4.42 Å². The Morgan fingerprint density at radius 2 is 2.00 bits per heavy atom. The van der Waals surface area contributed by atoms with Gasteiger partial charge < -0.3 is 9.73 Å². The number of hydrogen-bond donors (Lipinski definition) is 3. The zero-order chi connectivity index (χ0) is 19.1. The summed E-state index contributed by atoms with van der Waals surface area (Å²) >= 11 is 2.46. The lowest BCUT2D eigenvalue weighted by atomic mass is 10.2. The summed E-state index contributed by atoms with van der Waals surface area (Å²) in [6.07, 6.45) is 1.59. The van der Waals surface area contributed by atoms with Crippen LogP contribution in [-0.2, 0) is 11.3 Å². The van der Waals surface area contributed by atoms with Crippen LogP contribution in [0.2, 0.25) is 0 Å². The first-order valence-electron chi connectivity index (χ1n) is 7.68. The molecule has 3 rings (SSSR count). The standard InChI is InChI=1S/C16H14FN5O3S2/c17-12-6-2-1-5-11(12)14(24)20-19-13(23)9-26-16-22-21-15(27-16)18-8-10-4-3-7-25-10/h1-7H,8-9H2,(H,18,21)(H,19,23)(H,20,24). The molecular formula is C16H14FN5O3S2. The van der Waals surface area contributed by atoms with Crippen molar-refractivity contribution in [2.24, 2.45) is 0 Å². The van der Waals surface area contributed by atoms with Crippen LogP contribution in [-0.4, -0.2) is 27.8 Å². The van der Waals surface area contributed by atoms with Crippen molar-refractivity contribution in [3.05, 3.63) is 59.8 Å². The van der Waals surface area contributed by atoms with E-state index < -0.39 is 17.6 Å². The number of hydrogen-bond acceptors (Lipinski definition) is 8. The molecular weight excluding hydrogens is 393 g/mol. The van der Waals surface area contributed by atoms with Crippen LogP contribution >= 0.6 is 23.1 Å². The first-order valence-corrected chi connectivity index (χ1v) is 9.48. The summed E-state index contributed by atoms with van der Waals surface area (Å²) in [7, 11) is 0. The molecule has 27 heavy (non-hydrogen) atoms. The molecule has 140 valence electrons. The Hall–Kier alpha value is -2.92. The van der Waals surface area contributed by atoms with Gasteiger partial charge in [-0.1, -0.05) is 35.2 Å². The normalized spacial score (nSPS) is 10.4. The molecule has 0 saturated heterocycles. The molecule has 0 fully saturated rings. The Morgan fingerprint density at radius 3 is 2.78 bits per heavy atom. The topological polar surface area (TPSA) is 109 Å². The van der Waals surface area contributed by atoms with E-state index in [0.29, 0.717) is 16.0 Å². The van der Waals surface area contributed by atoms with Gasteiger partial charge in [-0.2, -0.15) is 0 Å². The van der Waals surface area contributed by atoms with E-state index in [0.717, 1.165) is 5.76 Å². The number of carbonyl (C=O) groups is 2. The largest absolute Gasteiger partial charge is 0.467 e. The molecule has 1 aromatic carbocycles. The van der Waals surface area contributed by atoms with Crippen molar-refractivity contribution in [2.75, 3.05) is 11.1 Å². The fourth-order valence-corrected chi connectivity index (χ4v) is 3.47. The highest BCUT2D eigenvalue weighted by molar-refractivity contribution is 8.01. The smallest absolute Gasteiger partial charge is 0.272 e. The number of anilines is 1. The van der Waals surface area contributed by atoms with Gasteiger partial charge in [0.25, 0.3) is 5.91 Å². The van der Waals surface area contributed by atoms with Gasteiger partial charge in [0, 0.05) is 0 Å². The lowest BCUT2D eigenvalue weighted by Gasteiger charge is -2.07. The summed E-state index contributed by atoms with van der Waals surface area (Å²) in [5.74, 6) is -1.06. The molecule has 0 bridgehead atoms. The predicted molar refractivity (Wildman–Crippen MR) is 98.7 cm³/mol. The third-order valence-corrected chi connectivity index (χ3v) is 5.18. The van der Waals surface area contributed by atoms with Gasteiger partial charge in [-0.3, -0.25) is 20.4 Å². The van der Waals surface area contributed by atoms with E-state index in [2.05, 4.69) is 26.4 Å². The summed E-state index contributed by atoms with van der Waals surface area (Å²) in [6.45, 7) is 0.481. The molecule has 0 radical (unpaired) electrons. The van der Waals surface area contributed by atoms with E-state index in [1.165, 1.54) is 47.4 Å². The van der Waals surface area contributed by atoms with Crippen molar-refractivity contribution in [3.63, 3.8) is 0 Å². The van der Waals surface area contributed by atoms with Gasteiger partial charge in [0.1, 0.15) is 11.6 Å². The van der Waals surface area contributed by atoms with E-state index in [1.807, 2.05) is 6.07 Å². The van der Waals surface area contributed by atoms with Crippen LogP contribution in [0.1, 0.15) is 16.1 Å². The molecule has 3 aromatic rings. The monoisotopic (exact) mass is 407 g/mol. The molecule has 2 aromatic heterocycles. The highest BCUT2D eigenvalue weighted by atomic mass is 32.2. The highest BCUT2D eigenvalue weighted by Gasteiger charge is 2.12. The molecule has 0 saturated carbocycles. The van der Waals surface area contributed by atoms with E-state index in [-0.39, 0.29) is 11.3 Å². The predicted octanol–water partition coefficient (Wildman–Crippen LogP) is 2.44. The van der Waals surface area contributed by atoms with Crippen molar-refractivity contribution >= 4 is 40.0 Å². The van der Waals surface area contributed by atoms with Crippen LogP contribution in [0.3, 0.4) is 0 Å². The van der Waals surface area contributed by atoms with Crippen LogP contribution in [0.4, 0.5) is 9.52 Å². The molecule has 2 amide bonds. The van der Waals surface area contributed by atoms with E-state index in [1.54, 1.807) is 12.3 Å². The number of furan rings is 1. The van der Waals surface area contributed by atoms with Gasteiger partial charge in [0.15, 0.2) is 4.34 Å². The molecule has 8 nitrogen and oxygen atoms in total. The number of aromatic nitrogens is 2. The summed E-state index contributed by atoms with van der Waals surface area (Å²) < 4.78 is 19.3. The Bertz CT molecular complexity index is 916. The molecule has 0 atom stereocenters. The summed E-state index contributed by atoms with van der Waals surface area (Å²) in [6, 6.07) is 9.12. The van der Waals surface area contributed by atoms with Gasteiger partial charge in [0.05, 0.1) is 24.1 Å². The van der Waals surface area contributed by atoms with Gasteiger partial charge in [0.2, 0.25) is 11.0 Å². The molecule has 2 heterocycles. The first-order chi connectivity index (χ1) is 13.1. The van der Waals surface area contributed by atoms with Crippen molar-refractivity contribution in [2.45, 2.75) is 10.9 Å². The average Bonchev–Trinajstić information content (AvgIpc) is 3.35. The molecule has 0 unspecified atom stereocenters. The molecule has 0 aliphatic rings. The third-order valence-electron chi connectivity index (χ3n) is 3.16. The molecule has 0 aliphatic carbocycles. The maximum Gasteiger partial charge on any atom is 0.272 e. The Balaban J connectivity index is 1.40. The van der Waals surface area contributed by atoms with Gasteiger partial charge in [-0.15, -0.1) is 10.2 Å². The van der Waals surface area contributed by atoms with Crippen molar-refractivity contribution < 1.29 is 18.4 Å². The fourth-order valence-electron chi connectivity index (χ4n) is 1.92. The number of nitrogens with zero attached hydrogens (tertiary/aromatic N) is 2. The second kappa shape index (κ2) is 9.14. The summed E-state index contributed by atoms with van der Waals surface area (Å²) in [5.41, 5.74) is 4.25. The molecule has 0 aliphatic heterocycles. The van der Waals surface area contributed by atoms with Gasteiger partial charge in [-0.25, -0.2) is 4.39 Å². The number of halogens is 1. The minimum Gasteiger partial charge on any atom is -0.467 e. The minimum atomic E-state index is -0.730. The molecule has 0 spiro atoms. The summed E-state index contributed by atoms with van der Waals surface area (Å²) in [4.78, 5) is 23.6. The van der Waals surface area contributed by atoms with Crippen LogP contribution < -0.4 is 16.2 Å². The lowest BCUT2D eigenvalue weighted by Crippen LogP contribution is -2.42. The van der Waals surface area contributed by atoms with Crippen LogP contribution in [0.5, 0.6) is 0 Å². The van der Waals surface area contributed by atoms with Crippen molar-refractivity contribution in [1.82, 2.24) is 21.0 Å². The maximum atomic E-state index is 13.5. The highest BCUT2D eigenvalue weighted by Crippen LogP contribution is 2.25. The average molecular weight is 407 g/mol. The van der Waals surface area contributed by atoms with Gasteiger partial charge in [-0.05, 0) is 24.3 Å². The fraction of sp³-hybridized carbons (Fsp3) is 0.125. The van der Waals surface area contributed by atoms with E-state index >= 15 is 0 Å². The molecule has 3 N–H and O–H groups in total. The number of thioether (sulfide) groups is 1. The number of benzene rings is 1. The van der Waals surface area contributed by atoms with Crippen LogP contribution in [0, 0.1) is 5.82 Å². The number of rotatable bonds is 7. The molecule has 11 heteroatoms. The van der Waals surface area contributed by atoms with Crippen molar-refractivity contribution in [1.29, 1.82) is 0 Å². The SMILES string of the molecule is O=C(CSc1nnc(NCc2ccco2)s1)NNC(=O)c1ccccc1F. The Labute approximate surface area is 161 Å². The summed E-state index contributed by atoms with van der Waals surface area (Å²) in [5, 5.41) is 11.6. The Kier molecular flexibility index (Phi) is 6.39. The number of carbonyl (C=O) groups excluding carboxylic acids is 2. The second-order valence-corrected chi connectivity index (χ2v) is 7.28. The number of amides is 2. The maximum absolute atomic E-state index is 13.5. The second-order valence-electron chi connectivity index (χ2n) is 5.08. The number of hydrazine groups is 1. The van der Waals surface area contributed by atoms with E-state index in [9.17, 15) is 14.0 Å². The van der Waals surface area contributed by atoms with Crippen LogP contribution in [0.25, 0.3) is 0 Å². The minimum absolute atomic E-state index is 0.0182. The van der Waals surface area contributed by atoms with Gasteiger partial charge >= 0.3 is 0 Å². The zero-order valence-corrected chi connectivity index (χ0v) is 15.4. The first kappa shape index (κ1) is 18.9.